The largest absolute Gasteiger partial charge is 0.439 e. The maximum Gasteiger partial charge on any atom is 0.270 e. The van der Waals surface area contributed by atoms with Crippen LogP contribution < -0.4 is 14.8 Å². The van der Waals surface area contributed by atoms with Crippen LogP contribution in [-0.4, -0.2) is 59.6 Å². The summed E-state index contributed by atoms with van der Waals surface area (Å²) in [5.74, 6) is 1.29. The molecule has 3 N–H and O–H groups in total. The van der Waals surface area contributed by atoms with Gasteiger partial charge in [-0.3, -0.25) is 9.52 Å². The van der Waals surface area contributed by atoms with E-state index in [4.69, 9.17) is 10.00 Å². The van der Waals surface area contributed by atoms with Crippen LogP contribution in [0.2, 0.25) is 0 Å². The molecule has 1 aliphatic heterocycles. The molecule has 1 fully saturated rings. The summed E-state index contributed by atoms with van der Waals surface area (Å²) in [6.07, 6.45) is 4.15. The van der Waals surface area contributed by atoms with Gasteiger partial charge in [0.05, 0.1) is 17.9 Å². The minimum Gasteiger partial charge on any atom is -0.439 e. The lowest BCUT2D eigenvalue weighted by Crippen LogP contribution is -2.42. The van der Waals surface area contributed by atoms with Crippen LogP contribution in [0.3, 0.4) is 0 Å². The molecule has 2 aromatic carbocycles. The molecule has 1 saturated heterocycles. The molecule has 0 bridgehead atoms. The van der Waals surface area contributed by atoms with Crippen LogP contribution in [0.25, 0.3) is 10.9 Å². The fourth-order valence-corrected chi connectivity index (χ4v) is 4.85. The van der Waals surface area contributed by atoms with Crippen LogP contribution in [0.15, 0.2) is 60.8 Å². The maximum absolute atomic E-state index is 13.1. The van der Waals surface area contributed by atoms with Gasteiger partial charge < -0.3 is 19.9 Å². The van der Waals surface area contributed by atoms with Gasteiger partial charge in [0.25, 0.3) is 5.91 Å². The SMILES string of the molecule is CS(=O)(=O)Nc1ccc2[nH]c(C(=O)N3CCC(Nc4nccc(Oc5ccc(C#N)cc5)n4)CC3)cc2c1. The van der Waals surface area contributed by atoms with Gasteiger partial charge in [-0.25, -0.2) is 13.4 Å². The van der Waals surface area contributed by atoms with Crippen molar-refractivity contribution in [3.8, 4) is 17.7 Å². The second-order valence-corrected chi connectivity index (χ2v) is 10.8. The fraction of sp³-hybridized carbons (Fsp3) is 0.231. The van der Waals surface area contributed by atoms with Crippen molar-refractivity contribution in [2.75, 3.05) is 29.4 Å². The van der Waals surface area contributed by atoms with E-state index in [1.54, 1.807) is 65.7 Å². The molecule has 0 atom stereocenters. The second-order valence-electron chi connectivity index (χ2n) is 9.03. The quantitative estimate of drug-likeness (QED) is 0.326. The Morgan fingerprint density at radius 2 is 1.89 bits per heavy atom. The summed E-state index contributed by atoms with van der Waals surface area (Å²) in [4.78, 5) is 26.7. The van der Waals surface area contributed by atoms with Gasteiger partial charge in [-0.15, -0.1) is 0 Å². The molecule has 12 heteroatoms. The van der Waals surface area contributed by atoms with Crippen molar-refractivity contribution in [3.63, 3.8) is 0 Å². The summed E-state index contributed by atoms with van der Waals surface area (Å²) in [6, 6.07) is 17.4. The lowest BCUT2D eigenvalue weighted by molar-refractivity contribution is 0.0713. The molecule has 5 rings (SSSR count). The number of hydrogen-bond donors (Lipinski definition) is 3. The van der Waals surface area contributed by atoms with E-state index in [-0.39, 0.29) is 11.9 Å². The molecule has 0 unspecified atom stereocenters. The van der Waals surface area contributed by atoms with Gasteiger partial charge in [0, 0.05) is 48.0 Å². The van der Waals surface area contributed by atoms with Crippen LogP contribution in [0.4, 0.5) is 11.6 Å². The third kappa shape index (κ3) is 6.01. The normalized spacial score (nSPS) is 14.2. The summed E-state index contributed by atoms with van der Waals surface area (Å²) >= 11 is 0. The van der Waals surface area contributed by atoms with Gasteiger partial charge in [0.2, 0.25) is 21.9 Å². The summed E-state index contributed by atoms with van der Waals surface area (Å²) in [5.41, 5.74) is 2.20. The number of likely N-dealkylation sites (tertiary alicyclic amines) is 1. The molecule has 194 valence electrons. The van der Waals surface area contributed by atoms with Gasteiger partial charge in [0.1, 0.15) is 11.4 Å². The van der Waals surface area contributed by atoms with Gasteiger partial charge in [0.15, 0.2) is 0 Å². The number of fused-ring (bicyclic) bond motifs is 1. The van der Waals surface area contributed by atoms with E-state index in [2.05, 4.69) is 31.1 Å². The number of nitrogens with one attached hydrogen (secondary N) is 3. The molecule has 0 saturated carbocycles. The molecule has 0 spiro atoms. The first-order chi connectivity index (χ1) is 18.3. The van der Waals surface area contributed by atoms with E-state index in [0.29, 0.717) is 47.6 Å². The smallest absolute Gasteiger partial charge is 0.270 e. The number of aromatic nitrogens is 3. The predicted octanol–water partition coefficient (Wildman–Crippen LogP) is 3.71. The highest BCUT2D eigenvalue weighted by atomic mass is 32.2. The predicted molar refractivity (Wildman–Crippen MR) is 143 cm³/mol. The number of hydrogen-bond acceptors (Lipinski definition) is 8. The molecule has 11 nitrogen and oxygen atoms in total. The molecule has 0 aliphatic carbocycles. The van der Waals surface area contributed by atoms with E-state index in [0.717, 1.165) is 30.0 Å². The van der Waals surface area contributed by atoms with E-state index >= 15 is 0 Å². The van der Waals surface area contributed by atoms with Gasteiger partial charge in [-0.1, -0.05) is 0 Å². The molecule has 0 radical (unpaired) electrons. The van der Waals surface area contributed by atoms with Crippen molar-refractivity contribution in [2.45, 2.75) is 18.9 Å². The van der Waals surface area contributed by atoms with Crippen LogP contribution in [0.5, 0.6) is 11.6 Å². The Labute approximate surface area is 219 Å². The summed E-state index contributed by atoms with van der Waals surface area (Å²) in [5, 5.41) is 13.0. The number of amides is 1. The number of carbonyl (C=O) groups excluding carboxylic acids is 1. The van der Waals surface area contributed by atoms with Gasteiger partial charge >= 0.3 is 0 Å². The summed E-state index contributed by atoms with van der Waals surface area (Å²) < 4.78 is 31.2. The molecule has 38 heavy (non-hydrogen) atoms. The Kier molecular flexibility index (Phi) is 6.85. The highest BCUT2D eigenvalue weighted by molar-refractivity contribution is 7.92. The van der Waals surface area contributed by atoms with Crippen molar-refractivity contribution >= 4 is 38.5 Å². The second kappa shape index (κ2) is 10.4. The third-order valence-electron chi connectivity index (χ3n) is 6.11. The van der Waals surface area contributed by atoms with Crippen LogP contribution in [0.1, 0.15) is 28.9 Å². The van der Waals surface area contributed by atoms with Crippen molar-refractivity contribution in [1.29, 1.82) is 5.26 Å². The molecule has 1 aliphatic rings. The Hall–Kier alpha value is -4.63. The highest BCUT2D eigenvalue weighted by Gasteiger charge is 2.25. The Balaban J connectivity index is 1.17. The lowest BCUT2D eigenvalue weighted by Gasteiger charge is -2.32. The number of rotatable bonds is 7. The van der Waals surface area contributed by atoms with Crippen LogP contribution in [-0.2, 0) is 10.0 Å². The minimum absolute atomic E-state index is 0.0940. The first kappa shape index (κ1) is 25.0. The van der Waals surface area contributed by atoms with Gasteiger partial charge in [-0.05, 0) is 61.4 Å². The van der Waals surface area contributed by atoms with Crippen molar-refractivity contribution in [3.05, 3.63) is 72.1 Å². The van der Waals surface area contributed by atoms with Crippen molar-refractivity contribution in [2.24, 2.45) is 0 Å². The average molecular weight is 532 g/mol. The van der Waals surface area contributed by atoms with Crippen molar-refractivity contribution < 1.29 is 17.9 Å². The first-order valence-corrected chi connectivity index (χ1v) is 13.8. The van der Waals surface area contributed by atoms with E-state index in [1.807, 2.05) is 0 Å². The summed E-state index contributed by atoms with van der Waals surface area (Å²) in [7, 11) is -3.39. The Bertz CT molecular complexity index is 1620. The molecule has 2 aromatic heterocycles. The molecule has 3 heterocycles. The van der Waals surface area contributed by atoms with Crippen LogP contribution in [0, 0.1) is 11.3 Å². The summed E-state index contributed by atoms with van der Waals surface area (Å²) in [6.45, 7) is 1.13. The highest BCUT2D eigenvalue weighted by Crippen LogP contribution is 2.24. The number of nitriles is 1. The number of ether oxygens (including phenoxy) is 1. The fourth-order valence-electron chi connectivity index (χ4n) is 4.29. The standard InChI is InChI=1S/C26H25N7O4S/c1-38(35,36)32-20-4-7-22-18(14-20)15-23(30-22)25(34)33-12-9-19(10-13-33)29-26-28-11-8-24(31-26)37-21-5-2-17(16-27)3-6-21/h2-8,11,14-15,19,30,32H,9-10,12-13H2,1H3,(H,28,29,31). The zero-order valence-electron chi connectivity index (χ0n) is 20.5. The molecular weight excluding hydrogens is 506 g/mol. The topological polar surface area (TPSA) is 153 Å². The number of benzene rings is 2. The van der Waals surface area contributed by atoms with Crippen LogP contribution >= 0.6 is 0 Å². The number of H-pyrrole nitrogens is 1. The number of carbonyl (C=O) groups is 1. The average Bonchev–Trinajstić information content (AvgIpc) is 3.32. The van der Waals surface area contributed by atoms with Gasteiger partial charge in [-0.2, -0.15) is 10.2 Å². The molecular formula is C26H25N7O4S. The zero-order chi connectivity index (χ0) is 26.7. The van der Waals surface area contributed by atoms with Crippen molar-refractivity contribution in [1.82, 2.24) is 19.9 Å². The minimum atomic E-state index is -3.39. The number of sulfonamides is 1. The monoisotopic (exact) mass is 531 g/mol. The first-order valence-electron chi connectivity index (χ1n) is 11.9. The number of anilines is 2. The number of aromatic amines is 1. The maximum atomic E-state index is 13.1. The Morgan fingerprint density at radius 3 is 2.61 bits per heavy atom. The van der Waals surface area contributed by atoms with E-state index < -0.39 is 10.0 Å². The zero-order valence-corrected chi connectivity index (χ0v) is 21.3. The lowest BCUT2D eigenvalue weighted by atomic mass is 10.0. The number of piperidine rings is 1. The number of nitrogens with zero attached hydrogens (tertiary/aromatic N) is 4. The molecule has 4 aromatic rings. The van der Waals surface area contributed by atoms with E-state index in [1.165, 1.54) is 0 Å². The third-order valence-corrected chi connectivity index (χ3v) is 6.71. The Morgan fingerprint density at radius 1 is 1.13 bits per heavy atom. The van der Waals surface area contributed by atoms with E-state index in [9.17, 15) is 13.2 Å². The molecule has 1 amide bonds.